The summed E-state index contributed by atoms with van der Waals surface area (Å²) in [5.41, 5.74) is 1.62. The van der Waals surface area contributed by atoms with E-state index in [2.05, 4.69) is 15.4 Å². The third kappa shape index (κ3) is 4.72. The van der Waals surface area contributed by atoms with E-state index in [1.165, 1.54) is 7.11 Å². The van der Waals surface area contributed by atoms with Gasteiger partial charge in [0.15, 0.2) is 0 Å². The van der Waals surface area contributed by atoms with Crippen molar-refractivity contribution in [2.45, 2.75) is 13.3 Å². The van der Waals surface area contributed by atoms with Gasteiger partial charge in [0.25, 0.3) is 0 Å². The molecule has 21 heavy (non-hydrogen) atoms. The summed E-state index contributed by atoms with van der Waals surface area (Å²) in [5, 5.41) is 6.07. The van der Waals surface area contributed by atoms with Gasteiger partial charge >= 0.3 is 5.97 Å². The van der Waals surface area contributed by atoms with Crippen molar-refractivity contribution in [3.63, 3.8) is 0 Å². The van der Waals surface area contributed by atoms with E-state index in [-0.39, 0.29) is 36.6 Å². The highest BCUT2D eigenvalue weighted by Crippen LogP contribution is 2.18. The predicted octanol–water partition coefficient (Wildman–Crippen LogP) is 1.62. The molecule has 6 heteroatoms. The minimum Gasteiger partial charge on any atom is -0.469 e. The van der Waals surface area contributed by atoms with Gasteiger partial charge in [-0.1, -0.05) is 19.1 Å². The molecule has 1 heterocycles. The number of carbonyl (C=O) groups excluding carboxylic acids is 2. The fourth-order valence-electron chi connectivity index (χ4n) is 2.08. The molecule has 0 aliphatic carbocycles. The number of esters is 1. The predicted molar refractivity (Wildman–Crippen MR) is 83.6 cm³/mol. The van der Waals surface area contributed by atoms with Gasteiger partial charge in [0.1, 0.15) is 0 Å². The first-order valence-corrected chi connectivity index (χ1v) is 6.77. The van der Waals surface area contributed by atoms with Crippen LogP contribution in [0.15, 0.2) is 24.3 Å². The standard InChI is InChI=1S/C15H20N2O3.ClH/c1-10(12-8-16-9-12)15(19)17-13-5-3-11(4-6-13)7-14(18)20-2;/h3-6,10,12,16H,7-9H2,1-2H3,(H,17,19);1H. The summed E-state index contributed by atoms with van der Waals surface area (Å²) in [7, 11) is 1.37. The van der Waals surface area contributed by atoms with Crippen LogP contribution in [0.25, 0.3) is 0 Å². The Kier molecular flexibility index (Phi) is 6.65. The molecule has 1 aliphatic rings. The minimum absolute atomic E-state index is 0. The highest BCUT2D eigenvalue weighted by Gasteiger charge is 2.28. The Balaban J connectivity index is 0.00000220. The van der Waals surface area contributed by atoms with Crippen molar-refractivity contribution in [3.05, 3.63) is 29.8 Å². The molecule has 5 nitrogen and oxygen atoms in total. The van der Waals surface area contributed by atoms with Crippen LogP contribution in [0, 0.1) is 11.8 Å². The zero-order valence-corrected chi connectivity index (χ0v) is 13.0. The van der Waals surface area contributed by atoms with Gasteiger partial charge in [-0.15, -0.1) is 12.4 Å². The lowest BCUT2D eigenvalue weighted by Gasteiger charge is -2.31. The van der Waals surface area contributed by atoms with Crippen LogP contribution >= 0.6 is 12.4 Å². The Morgan fingerprint density at radius 1 is 1.33 bits per heavy atom. The first kappa shape index (κ1) is 17.5. The van der Waals surface area contributed by atoms with Crippen LogP contribution in [0.4, 0.5) is 5.69 Å². The van der Waals surface area contributed by atoms with Gasteiger partial charge in [-0.3, -0.25) is 9.59 Å². The molecule has 1 saturated heterocycles. The second-order valence-electron chi connectivity index (χ2n) is 5.15. The number of amides is 1. The minimum atomic E-state index is -0.270. The summed E-state index contributed by atoms with van der Waals surface area (Å²) < 4.78 is 4.61. The molecule has 1 aromatic carbocycles. The van der Waals surface area contributed by atoms with Crippen molar-refractivity contribution in [2.75, 3.05) is 25.5 Å². The van der Waals surface area contributed by atoms with Crippen LogP contribution in [-0.4, -0.2) is 32.1 Å². The van der Waals surface area contributed by atoms with Gasteiger partial charge in [0.05, 0.1) is 13.5 Å². The first-order chi connectivity index (χ1) is 9.60. The molecule has 0 spiro atoms. The van der Waals surface area contributed by atoms with Crippen molar-refractivity contribution in [3.8, 4) is 0 Å². The second-order valence-corrected chi connectivity index (χ2v) is 5.15. The molecule has 1 aliphatic heterocycles. The average molecular weight is 313 g/mol. The zero-order valence-electron chi connectivity index (χ0n) is 12.2. The van der Waals surface area contributed by atoms with E-state index < -0.39 is 0 Å². The van der Waals surface area contributed by atoms with Gasteiger partial charge in [-0.05, 0) is 36.7 Å². The maximum Gasteiger partial charge on any atom is 0.309 e. The molecule has 2 N–H and O–H groups in total. The lowest BCUT2D eigenvalue weighted by molar-refractivity contribution is -0.139. The number of nitrogens with one attached hydrogen (secondary N) is 2. The summed E-state index contributed by atoms with van der Waals surface area (Å²) in [6.45, 7) is 3.77. The average Bonchev–Trinajstić information content (AvgIpc) is 2.38. The van der Waals surface area contributed by atoms with Crippen molar-refractivity contribution < 1.29 is 14.3 Å². The summed E-state index contributed by atoms with van der Waals surface area (Å²) in [6, 6.07) is 7.26. The highest BCUT2D eigenvalue weighted by molar-refractivity contribution is 5.92. The lowest BCUT2D eigenvalue weighted by Crippen LogP contribution is -2.48. The normalized spacial score (nSPS) is 15.3. The molecule has 116 valence electrons. The SMILES string of the molecule is COC(=O)Cc1ccc(NC(=O)C(C)C2CNC2)cc1.Cl. The summed E-state index contributed by atoms with van der Waals surface area (Å²) in [4.78, 5) is 23.2. The summed E-state index contributed by atoms with van der Waals surface area (Å²) in [6.07, 6.45) is 0.245. The fraction of sp³-hybridized carbons (Fsp3) is 0.467. The molecular formula is C15H21ClN2O3. The largest absolute Gasteiger partial charge is 0.469 e. The van der Waals surface area contributed by atoms with Crippen molar-refractivity contribution >= 4 is 30.0 Å². The molecule has 1 aromatic rings. The van der Waals surface area contributed by atoms with Gasteiger partial charge < -0.3 is 15.4 Å². The Bertz CT molecular complexity index is 486. The van der Waals surface area contributed by atoms with Gasteiger partial charge in [0.2, 0.25) is 5.91 Å². The van der Waals surface area contributed by atoms with Crippen molar-refractivity contribution in [1.82, 2.24) is 5.32 Å². The molecule has 0 aromatic heterocycles. The number of rotatable bonds is 5. The maximum atomic E-state index is 12.0. The number of anilines is 1. The molecule has 1 atom stereocenters. The van der Waals surface area contributed by atoms with Crippen LogP contribution in [-0.2, 0) is 20.7 Å². The highest BCUT2D eigenvalue weighted by atomic mass is 35.5. The van der Waals surface area contributed by atoms with Gasteiger partial charge in [0, 0.05) is 11.6 Å². The molecular weight excluding hydrogens is 292 g/mol. The number of carbonyl (C=O) groups is 2. The van der Waals surface area contributed by atoms with E-state index in [0.717, 1.165) is 24.3 Å². The molecule has 0 radical (unpaired) electrons. The third-order valence-corrected chi connectivity index (χ3v) is 3.73. The van der Waals surface area contributed by atoms with Crippen molar-refractivity contribution in [2.24, 2.45) is 11.8 Å². The van der Waals surface area contributed by atoms with E-state index in [4.69, 9.17) is 0 Å². The van der Waals surface area contributed by atoms with E-state index in [1.54, 1.807) is 0 Å². The van der Waals surface area contributed by atoms with Crippen LogP contribution in [0.3, 0.4) is 0 Å². The molecule has 1 unspecified atom stereocenters. The van der Waals surface area contributed by atoms with Crippen molar-refractivity contribution in [1.29, 1.82) is 0 Å². The summed E-state index contributed by atoms with van der Waals surface area (Å²) >= 11 is 0. The topological polar surface area (TPSA) is 67.4 Å². The van der Waals surface area contributed by atoms with Crippen LogP contribution in [0.5, 0.6) is 0 Å². The van der Waals surface area contributed by atoms with E-state index >= 15 is 0 Å². The van der Waals surface area contributed by atoms with Crippen LogP contribution in [0.1, 0.15) is 12.5 Å². The number of halogens is 1. The Morgan fingerprint density at radius 3 is 2.43 bits per heavy atom. The van der Waals surface area contributed by atoms with E-state index in [0.29, 0.717) is 5.92 Å². The first-order valence-electron chi connectivity index (χ1n) is 6.77. The van der Waals surface area contributed by atoms with Gasteiger partial charge in [-0.2, -0.15) is 0 Å². The fourth-order valence-corrected chi connectivity index (χ4v) is 2.08. The van der Waals surface area contributed by atoms with Crippen LogP contribution in [0.2, 0.25) is 0 Å². The number of ether oxygens (including phenoxy) is 1. The Labute approximate surface area is 130 Å². The zero-order chi connectivity index (χ0) is 14.5. The van der Waals surface area contributed by atoms with Gasteiger partial charge in [-0.25, -0.2) is 0 Å². The maximum absolute atomic E-state index is 12.0. The quantitative estimate of drug-likeness (QED) is 0.811. The summed E-state index contributed by atoms with van der Waals surface area (Å²) in [5.74, 6) is 0.199. The molecule has 0 saturated carbocycles. The third-order valence-electron chi connectivity index (χ3n) is 3.73. The number of hydrogen-bond acceptors (Lipinski definition) is 4. The monoisotopic (exact) mass is 312 g/mol. The Hall–Kier alpha value is -1.59. The number of benzene rings is 1. The number of hydrogen-bond donors (Lipinski definition) is 2. The smallest absolute Gasteiger partial charge is 0.309 e. The van der Waals surface area contributed by atoms with E-state index in [9.17, 15) is 9.59 Å². The van der Waals surface area contributed by atoms with E-state index in [1.807, 2.05) is 31.2 Å². The molecule has 0 bridgehead atoms. The Morgan fingerprint density at radius 2 is 1.95 bits per heavy atom. The second kappa shape index (κ2) is 8.00. The molecule has 1 fully saturated rings. The lowest BCUT2D eigenvalue weighted by atomic mass is 9.88. The van der Waals surface area contributed by atoms with Crippen LogP contribution < -0.4 is 10.6 Å². The number of methoxy groups -OCH3 is 1. The molecule has 1 amide bonds. The molecule has 2 rings (SSSR count).